The number of nitrogens with zero attached hydrogens (tertiary/aromatic N) is 5. The standard InChI is InChI=1S/C9H14N5/c1-12(2)8-7-9(11-5-10-8)14(4)6-13(7)3/h5-6H,1-4H3/q+1. The Labute approximate surface area is 82.6 Å². The van der Waals surface area contributed by atoms with Crippen LogP contribution >= 0.6 is 0 Å². The summed E-state index contributed by atoms with van der Waals surface area (Å²) in [7, 11) is 7.94. The van der Waals surface area contributed by atoms with Crippen LogP contribution in [0, 0.1) is 0 Å². The molecule has 0 unspecified atom stereocenters. The minimum Gasteiger partial charge on any atom is -0.360 e. The third-order valence-corrected chi connectivity index (χ3v) is 2.24. The predicted octanol–water partition coefficient (Wildman–Crippen LogP) is -0.141. The molecular formula is C9H14N5+. The predicted molar refractivity (Wildman–Crippen MR) is 54.0 cm³/mol. The van der Waals surface area contributed by atoms with Crippen LogP contribution in [0.5, 0.6) is 0 Å². The molecule has 14 heavy (non-hydrogen) atoms. The van der Waals surface area contributed by atoms with Gasteiger partial charge in [0.1, 0.15) is 0 Å². The van der Waals surface area contributed by atoms with Crippen molar-refractivity contribution in [1.82, 2.24) is 14.5 Å². The van der Waals surface area contributed by atoms with Crippen molar-refractivity contribution in [3.8, 4) is 0 Å². The van der Waals surface area contributed by atoms with Gasteiger partial charge in [0.2, 0.25) is 5.52 Å². The molecule has 2 rings (SSSR count). The molecule has 2 aromatic heterocycles. The zero-order valence-corrected chi connectivity index (χ0v) is 8.89. The van der Waals surface area contributed by atoms with Crippen molar-refractivity contribution in [2.45, 2.75) is 0 Å². The second-order valence-corrected chi connectivity index (χ2v) is 3.60. The number of anilines is 1. The number of imidazole rings is 1. The summed E-state index contributed by atoms with van der Waals surface area (Å²) in [5, 5.41) is 0. The van der Waals surface area contributed by atoms with Crippen molar-refractivity contribution in [1.29, 1.82) is 0 Å². The van der Waals surface area contributed by atoms with Gasteiger partial charge in [-0.05, 0) is 0 Å². The van der Waals surface area contributed by atoms with Gasteiger partial charge in [0.25, 0.3) is 0 Å². The van der Waals surface area contributed by atoms with Gasteiger partial charge in [-0.1, -0.05) is 4.98 Å². The van der Waals surface area contributed by atoms with E-state index in [9.17, 15) is 0 Å². The van der Waals surface area contributed by atoms with Gasteiger partial charge < -0.3 is 4.90 Å². The first-order valence-electron chi connectivity index (χ1n) is 4.44. The van der Waals surface area contributed by atoms with E-state index in [1.165, 1.54) is 0 Å². The average molecular weight is 192 g/mol. The Balaban J connectivity index is 2.85. The fraction of sp³-hybridized carbons (Fsp3) is 0.444. The van der Waals surface area contributed by atoms with Gasteiger partial charge in [0.15, 0.2) is 18.5 Å². The van der Waals surface area contributed by atoms with Crippen LogP contribution < -0.4 is 9.47 Å². The average Bonchev–Trinajstić information content (AvgIpc) is 2.43. The van der Waals surface area contributed by atoms with Crippen molar-refractivity contribution in [3.05, 3.63) is 12.7 Å². The number of fused-ring (bicyclic) bond motifs is 1. The Morgan fingerprint density at radius 3 is 2.71 bits per heavy atom. The van der Waals surface area contributed by atoms with Crippen molar-refractivity contribution >= 4 is 17.0 Å². The molecule has 0 N–H and O–H groups in total. The highest BCUT2D eigenvalue weighted by molar-refractivity contribution is 5.80. The highest BCUT2D eigenvalue weighted by Gasteiger charge is 2.17. The van der Waals surface area contributed by atoms with Crippen LogP contribution in [0.4, 0.5) is 5.82 Å². The summed E-state index contributed by atoms with van der Waals surface area (Å²) >= 11 is 0. The SMILES string of the molecule is CN(C)c1ncnc2c1n(C)c[n+]2C. The molecule has 0 aliphatic carbocycles. The second kappa shape index (κ2) is 2.94. The highest BCUT2D eigenvalue weighted by Crippen LogP contribution is 2.17. The van der Waals surface area contributed by atoms with E-state index >= 15 is 0 Å². The van der Waals surface area contributed by atoms with Crippen molar-refractivity contribution < 1.29 is 4.57 Å². The van der Waals surface area contributed by atoms with Gasteiger partial charge >= 0.3 is 5.65 Å². The quantitative estimate of drug-likeness (QED) is 0.590. The summed E-state index contributed by atoms with van der Waals surface area (Å²) in [4.78, 5) is 10.5. The molecule has 74 valence electrons. The lowest BCUT2D eigenvalue weighted by Crippen LogP contribution is -2.26. The Morgan fingerprint density at radius 1 is 1.36 bits per heavy atom. The minimum atomic E-state index is 0.943. The molecule has 0 saturated heterocycles. The molecular weight excluding hydrogens is 178 g/mol. The molecule has 0 aliphatic rings. The van der Waals surface area contributed by atoms with Crippen LogP contribution in [0.25, 0.3) is 11.2 Å². The molecule has 0 radical (unpaired) electrons. The maximum absolute atomic E-state index is 4.26. The maximum atomic E-state index is 4.26. The maximum Gasteiger partial charge on any atom is 0.307 e. The molecule has 5 nitrogen and oxygen atoms in total. The summed E-state index contributed by atoms with van der Waals surface area (Å²) in [6, 6.07) is 0. The lowest BCUT2D eigenvalue weighted by atomic mass is 10.4. The molecule has 0 spiro atoms. The van der Waals surface area contributed by atoms with Gasteiger partial charge in [-0.15, -0.1) is 0 Å². The molecule has 0 bridgehead atoms. The Hall–Kier alpha value is -1.65. The molecule has 2 heterocycles. The molecule has 0 atom stereocenters. The van der Waals surface area contributed by atoms with E-state index in [-0.39, 0.29) is 0 Å². The van der Waals surface area contributed by atoms with Gasteiger partial charge in [-0.2, -0.15) is 4.98 Å². The molecule has 0 saturated carbocycles. The largest absolute Gasteiger partial charge is 0.360 e. The van der Waals surface area contributed by atoms with Gasteiger partial charge in [-0.25, -0.2) is 4.57 Å². The van der Waals surface area contributed by atoms with Crippen LogP contribution in [0.1, 0.15) is 0 Å². The van der Waals surface area contributed by atoms with Gasteiger partial charge in [-0.3, -0.25) is 4.57 Å². The van der Waals surface area contributed by atoms with E-state index in [2.05, 4.69) is 9.97 Å². The number of aryl methyl sites for hydroxylation is 2. The van der Waals surface area contributed by atoms with E-state index in [1.807, 2.05) is 48.6 Å². The third-order valence-electron chi connectivity index (χ3n) is 2.24. The number of hydrogen-bond donors (Lipinski definition) is 0. The summed E-state index contributed by atoms with van der Waals surface area (Å²) in [5.74, 6) is 0.943. The topological polar surface area (TPSA) is 37.8 Å². The van der Waals surface area contributed by atoms with E-state index < -0.39 is 0 Å². The van der Waals surface area contributed by atoms with Gasteiger partial charge in [0.05, 0.1) is 14.1 Å². The van der Waals surface area contributed by atoms with Crippen molar-refractivity contribution in [2.24, 2.45) is 14.1 Å². The summed E-state index contributed by atoms with van der Waals surface area (Å²) in [6.07, 6.45) is 3.59. The Kier molecular flexibility index (Phi) is 1.87. The first kappa shape index (κ1) is 8.93. The lowest BCUT2D eigenvalue weighted by Gasteiger charge is -2.09. The number of rotatable bonds is 1. The van der Waals surface area contributed by atoms with E-state index in [1.54, 1.807) is 6.33 Å². The van der Waals surface area contributed by atoms with Crippen LogP contribution in [-0.4, -0.2) is 28.6 Å². The van der Waals surface area contributed by atoms with Crippen molar-refractivity contribution in [2.75, 3.05) is 19.0 Å². The fourth-order valence-corrected chi connectivity index (χ4v) is 1.63. The summed E-state index contributed by atoms with van der Waals surface area (Å²) in [6.45, 7) is 0. The molecule has 2 aromatic rings. The zero-order valence-electron chi connectivity index (χ0n) is 8.89. The first-order valence-corrected chi connectivity index (χ1v) is 4.44. The van der Waals surface area contributed by atoms with Crippen LogP contribution in [0.15, 0.2) is 12.7 Å². The zero-order chi connectivity index (χ0) is 10.3. The van der Waals surface area contributed by atoms with E-state index in [0.717, 1.165) is 17.0 Å². The number of hydrogen-bond acceptors (Lipinski definition) is 3. The minimum absolute atomic E-state index is 0.943. The molecule has 0 fully saturated rings. The molecule has 0 aliphatic heterocycles. The van der Waals surface area contributed by atoms with E-state index in [0.29, 0.717) is 0 Å². The van der Waals surface area contributed by atoms with Crippen LogP contribution in [0.2, 0.25) is 0 Å². The number of aromatic nitrogens is 4. The molecule has 5 heteroatoms. The first-order chi connectivity index (χ1) is 6.61. The molecule has 0 aromatic carbocycles. The highest BCUT2D eigenvalue weighted by atomic mass is 15.2. The van der Waals surface area contributed by atoms with Crippen LogP contribution in [0.3, 0.4) is 0 Å². The van der Waals surface area contributed by atoms with E-state index in [4.69, 9.17) is 0 Å². The van der Waals surface area contributed by atoms with Crippen LogP contribution in [-0.2, 0) is 14.1 Å². The Morgan fingerprint density at radius 2 is 2.07 bits per heavy atom. The smallest absolute Gasteiger partial charge is 0.307 e. The second-order valence-electron chi connectivity index (χ2n) is 3.60. The summed E-state index contributed by atoms with van der Waals surface area (Å²) < 4.78 is 4.02. The lowest BCUT2D eigenvalue weighted by molar-refractivity contribution is -0.647. The fourth-order valence-electron chi connectivity index (χ4n) is 1.63. The summed E-state index contributed by atoms with van der Waals surface area (Å²) in [5.41, 5.74) is 2.01. The van der Waals surface area contributed by atoms with Crippen molar-refractivity contribution in [3.63, 3.8) is 0 Å². The normalized spacial score (nSPS) is 10.9. The monoisotopic (exact) mass is 192 g/mol. The molecule has 0 amide bonds. The van der Waals surface area contributed by atoms with Gasteiger partial charge in [0, 0.05) is 14.1 Å². The Bertz CT molecular complexity index is 471. The third kappa shape index (κ3) is 1.13.